The van der Waals surface area contributed by atoms with Crippen LogP contribution in [0, 0.1) is 0 Å². The molecule has 2 aliphatic rings. The number of rotatable bonds is 4. The minimum Gasteiger partial charge on any atom is -0.411 e. The lowest BCUT2D eigenvalue weighted by molar-refractivity contribution is -0.151. The van der Waals surface area contributed by atoms with Gasteiger partial charge >= 0.3 is 0 Å². The molecule has 1 saturated heterocycles. The maximum atomic E-state index is 13.0. The predicted octanol–water partition coefficient (Wildman–Crippen LogP) is 4.81. The van der Waals surface area contributed by atoms with Crippen molar-refractivity contribution in [3.63, 3.8) is 0 Å². The number of hydrogen-bond donors (Lipinski definition) is 0. The highest BCUT2D eigenvalue weighted by Gasteiger charge is 2.54. The summed E-state index contributed by atoms with van der Waals surface area (Å²) in [7, 11) is -2.01. The number of carbonyl (C=O) groups excluding carboxylic acids is 1. The van der Waals surface area contributed by atoms with Crippen LogP contribution in [-0.4, -0.2) is 50.7 Å². The molecule has 0 radical (unpaired) electrons. The normalized spacial score (nSPS) is 29.7. The highest BCUT2D eigenvalue weighted by Crippen LogP contribution is 2.46. The largest absolute Gasteiger partial charge is 0.411 e. The fourth-order valence-corrected chi connectivity index (χ4v) is 5.94. The first-order chi connectivity index (χ1) is 11.3. The minimum atomic E-state index is -2.01. The molecule has 144 valence electrons. The topological polar surface area (TPSA) is 44.8 Å². The maximum absolute atomic E-state index is 13.0. The van der Waals surface area contributed by atoms with E-state index in [1.54, 1.807) is 23.5 Å². The van der Waals surface area contributed by atoms with E-state index in [0.717, 1.165) is 9.81 Å². The van der Waals surface area contributed by atoms with Crippen LogP contribution in [-0.2, 0) is 18.7 Å². The summed E-state index contributed by atoms with van der Waals surface area (Å²) in [6.45, 7) is 14.9. The van der Waals surface area contributed by atoms with Crippen LogP contribution in [0.1, 0.15) is 41.0 Å². The van der Waals surface area contributed by atoms with Gasteiger partial charge in [0.2, 0.25) is 0 Å². The van der Waals surface area contributed by atoms with Crippen molar-refractivity contribution >= 4 is 37.6 Å². The van der Waals surface area contributed by atoms with E-state index in [2.05, 4.69) is 33.9 Å². The number of ketones is 1. The Kier molecular flexibility index (Phi) is 6.30. The molecule has 1 saturated carbocycles. The summed E-state index contributed by atoms with van der Waals surface area (Å²) in [5.74, 6) is -0.577. The van der Waals surface area contributed by atoms with Crippen LogP contribution < -0.4 is 0 Å². The number of thioether (sulfide) groups is 2. The third-order valence-corrected chi connectivity index (χ3v) is 12.0. The molecule has 1 heterocycles. The molecule has 0 aromatic carbocycles. The van der Waals surface area contributed by atoms with Gasteiger partial charge in [0.15, 0.2) is 19.9 Å². The number of carbonyl (C=O) groups is 1. The number of Topliss-reactive ketones (excluding diaryl/α,β-unsaturated/α-hetero) is 1. The highest BCUT2D eigenvalue weighted by molar-refractivity contribution is 8.21. The molecule has 2 fully saturated rings. The molecular formula is C18H32O4S2Si. The Morgan fingerprint density at radius 2 is 1.76 bits per heavy atom. The third kappa shape index (κ3) is 4.38. The van der Waals surface area contributed by atoms with Crippen LogP contribution >= 0.6 is 23.5 Å². The van der Waals surface area contributed by atoms with E-state index in [-0.39, 0.29) is 29.1 Å². The Morgan fingerprint density at radius 3 is 2.24 bits per heavy atom. The Labute approximate surface area is 161 Å². The van der Waals surface area contributed by atoms with Crippen LogP contribution in [0.5, 0.6) is 0 Å². The van der Waals surface area contributed by atoms with E-state index in [1.165, 1.54) is 0 Å². The van der Waals surface area contributed by atoms with Crippen LogP contribution in [0.3, 0.4) is 0 Å². The quantitative estimate of drug-likeness (QED) is 0.495. The van der Waals surface area contributed by atoms with Gasteiger partial charge in [0.25, 0.3) is 0 Å². The van der Waals surface area contributed by atoms with Gasteiger partial charge in [-0.05, 0) is 44.5 Å². The lowest BCUT2D eigenvalue weighted by atomic mass is 9.87. The van der Waals surface area contributed by atoms with Gasteiger partial charge in [-0.2, -0.15) is 0 Å². The summed E-state index contributed by atoms with van der Waals surface area (Å²) >= 11 is 3.20. The highest BCUT2D eigenvalue weighted by atomic mass is 32.2. The Bertz CT molecular complexity index is 560. The molecule has 0 aromatic heterocycles. The van der Waals surface area contributed by atoms with Gasteiger partial charge in [0.1, 0.15) is 12.2 Å². The molecule has 0 unspecified atom stereocenters. The molecule has 0 spiro atoms. The standard InChI is InChI=1S/C18H32O4S2Si/c1-17(2,3)25(8,9)22-12-10-11(19)13(16(23-6)24-7)15-14(12)20-18(4,5)21-15/h12,14-15H,10H2,1-9H3/t12-,14+,15-/m1/s1. The minimum absolute atomic E-state index is 0.0837. The van der Waals surface area contributed by atoms with Gasteiger partial charge in [0, 0.05) is 16.2 Å². The lowest BCUT2D eigenvalue weighted by Gasteiger charge is -2.42. The molecule has 0 amide bonds. The van der Waals surface area contributed by atoms with Crippen molar-refractivity contribution < 1.29 is 18.7 Å². The van der Waals surface area contributed by atoms with Gasteiger partial charge < -0.3 is 13.9 Å². The van der Waals surface area contributed by atoms with Crippen molar-refractivity contribution in [1.29, 1.82) is 0 Å². The first-order valence-electron chi connectivity index (χ1n) is 8.72. The van der Waals surface area contributed by atoms with Gasteiger partial charge in [0.05, 0.1) is 6.10 Å². The Morgan fingerprint density at radius 1 is 1.20 bits per heavy atom. The summed E-state index contributed by atoms with van der Waals surface area (Å²) < 4.78 is 20.0. The zero-order valence-corrected chi connectivity index (χ0v) is 19.5. The fourth-order valence-electron chi connectivity index (χ4n) is 3.05. The monoisotopic (exact) mass is 404 g/mol. The van der Waals surface area contributed by atoms with E-state index in [9.17, 15) is 4.79 Å². The van der Waals surface area contributed by atoms with Crippen LogP contribution in [0.4, 0.5) is 0 Å². The van der Waals surface area contributed by atoms with Crippen LogP contribution in [0.15, 0.2) is 9.81 Å². The zero-order chi connectivity index (χ0) is 19.2. The van der Waals surface area contributed by atoms with Crippen LogP contribution in [0.25, 0.3) is 0 Å². The molecule has 3 atom stereocenters. The molecule has 1 aliphatic heterocycles. The van der Waals surface area contributed by atoms with Gasteiger partial charge in [-0.25, -0.2) is 0 Å². The van der Waals surface area contributed by atoms with Gasteiger partial charge in [-0.15, -0.1) is 23.5 Å². The van der Waals surface area contributed by atoms with E-state index in [1.807, 2.05) is 26.4 Å². The summed E-state index contributed by atoms with van der Waals surface area (Å²) in [5, 5.41) is 0.0837. The second-order valence-electron chi connectivity index (χ2n) is 8.67. The molecule has 7 heteroatoms. The van der Waals surface area contributed by atoms with E-state index < -0.39 is 14.1 Å². The summed E-state index contributed by atoms with van der Waals surface area (Å²) in [6, 6.07) is 0. The average Bonchev–Trinajstić information content (AvgIpc) is 2.77. The Balaban J connectivity index is 2.39. The van der Waals surface area contributed by atoms with Crippen molar-refractivity contribution in [3.8, 4) is 0 Å². The van der Waals surface area contributed by atoms with Crippen molar-refractivity contribution in [2.24, 2.45) is 0 Å². The SMILES string of the molecule is CSC(SC)=C1C(=O)C[C@@H](O[Si](C)(C)C(C)(C)C)[C@@H]2OC(C)(C)O[C@H]12. The lowest BCUT2D eigenvalue weighted by Crippen LogP contribution is -2.53. The summed E-state index contributed by atoms with van der Waals surface area (Å²) in [4.78, 5) is 13.0. The van der Waals surface area contributed by atoms with E-state index in [4.69, 9.17) is 13.9 Å². The van der Waals surface area contributed by atoms with Crippen molar-refractivity contribution in [2.75, 3.05) is 12.5 Å². The first-order valence-corrected chi connectivity index (χ1v) is 14.1. The van der Waals surface area contributed by atoms with Gasteiger partial charge in [-0.1, -0.05) is 20.8 Å². The predicted molar refractivity (Wildman–Crippen MR) is 110 cm³/mol. The average molecular weight is 405 g/mol. The third-order valence-electron chi connectivity index (χ3n) is 5.31. The number of hydrogen-bond acceptors (Lipinski definition) is 6. The van der Waals surface area contributed by atoms with E-state index in [0.29, 0.717) is 6.42 Å². The number of ether oxygens (including phenoxy) is 2. The smallest absolute Gasteiger partial charge is 0.192 e. The second kappa shape index (κ2) is 7.32. The second-order valence-corrected chi connectivity index (χ2v) is 15.3. The molecule has 0 aromatic rings. The molecular weight excluding hydrogens is 372 g/mol. The zero-order valence-electron chi connectivity index (χ0n) is 16.9. The first kappa shape index (κ1) is 21.5. The van der Waals surface area contributed by atoms with Crippen LogP contribution in [0.2, 0.25) is 18.1 Å². The van der Waals surface area contributed by atoms with Crippen molar-refractivity contribution in [3.05, 3.63) is 9.81 Å². The molecule has 4 nitrogen and oxygen atoms in total. The molecule has 0 bridgehead atoms. The number of fused-ring (bicyclic) bond motifs is 1. The fraction of sp³-hybridized carbons (Fsp3) is 0.833. The molecule has 0 N–H and O–H groups in total. The molecule has 1 aliphatic carbocycles. The molecule has 25 heavy (non-hydrogen) atoms. The Hall–Kier alpha value is 0.207. The van der Waals surface area contributed by atoms with Crippen molar-refractivity contribution in [1.82, 2.24) is 0 Å². The summed E-state index contributed by atoms with van der Waals surface area (Å²) in [6.07, 6.45) is 3.55. The maximum Gasteiger partial charge on any atom is 0.192 e. The van der Waals surface area contributed by atoms with Crippen molar-refractivity contribution in [2.45, 2.75) is 83.3 Å². The van der Waals surface area contributed by atoms with E-state index >= 15 is 0 Å². The van der Waals surface area contributed by atoms with Gasteiger partial charge in [-0.3, -0.25) is 4.79 Å². The summed E-state index contributed by atoms with van der Waals surface area (Å²) in [5.41, 5.74) is 0.769. The molecule has 2 rings (SSSR count).